The van der Waals surface area contributed by atoms with Crippen LogP contribution in [0.5, 0.6) is 0 Å². The number of aromatic amines is 1. The first-order valence-electron chi connectivity index (χ1n) is 5.93. The molecule has 90 valence electrons. The zero-order valence-corrected chi connectivity index (χ0v) is 10.9. The molecule has 0 bridgehead atoms. The molecule has 0 spiro atoms. The molecule has 4 heteroatoms. The standard InChI is InChI=1S/C14H13N3S/c1-2-11-8-16-14(18)17(11)13-5-3-4-10-6-7-15-9-12(10)13/h3-9H,2H2,1H3,(H,16,18). The summed E-state index contributed by atoms with van der Waals surface area (Å²) in [6.07, 6.45) is 6.60. The second kappa shape index (κ2) is 4.38. The molecule has 0 aliphatic rings. The molecule has 3 rings (SSSR count). The molecule has 0 amide bonds. The molecule has 3 aromatic rings. The summed E-state index contributed by atoms with van der Waals surface area (Å²) in [6, 6.07) is 8.22. The SMILES string of the molecule is CCc1c[nH]c(=S)n1-c1cccc2ccncc12. The Kier molecular flexibility index (Phi) is 2.72. The second-order valence-corrected chi connectivity index (χ2v) is 4.53. The molecule has 0 aliphatic heterocycles. The van der Waals surface area contributed by atoms with Crippen LogP contribution in [-0.2, 0) is 6.42 Å². The Morgan fingerprint density at radius 3 is 3.06 bits per heavy atom. The van der Waals surface area contributed by atoms with Crippen molar-refractivity contribution in [2.75, 3.05) is 0 Å². The van der Waals surface area contributed by atoms with Crippen LogP contribution in [0.1, 0.15) is 12.6 Å². The smallest absolute Gasteiger partial charge is 0.182 e. The number of H-pyrrole nitrogens is 1. The average molecular weight is 255 g/mol. The van der Waals surface area contributed by atoms with E-state index in [4.69, 9.17) is 12.2 Å². The van der Waals surface area contributed by atoms with Crippen molar-refractivity contribution in [3.63, 3.8) is 0 Å². The fourth-order valence-electron chi connectivity index (χ4n) is 2.22. The van der Waals surface area contributed by atoms with Gasteiger partial charge in [-0.05, 0) is 36.2 Å². The summed E-state index contributed by atoms with van der Waals surface area (Å²) in [5, 5.41) is 2.29. The van der Waals surface area contributed by atoms with E-state index < -0.39 is 0 Å². The van der Waals surface area contributed by atoms with Crippen LogP contribution in [-0.4, -0.2) is 14.5 Å². The lowest BCUT2D eigenvalue weighted by atomic mass is 10.1. The van der Waals surface area contributed by atoms with E-state index in [0.717, 1.165) is 22.3 Å². The monoisotopic (exact) mass is 255 g/mol. The molecule has 1 aromatic carbocycles. The van der Waals surface area contributed by atoms with E-state index in [-0.39, 0.29) is 0 Å². The molecule has 18 heavy (non-hydrogen) atoms. The van der Waals surface area contributed by atoms with Crippen LogP contribution >= 0.6 is 12.2 Å². The predicted octanol–water partition coefficient (Wildman–Crippen LogP) is 3.65. The van der Waals surface area contributed by atoms with Gasteiger partial charge in [0.15, 0.2) is 4.77 Å². The van der Waals surface area contributed by atoms with E-state index >= 15 is 0 Å². The first-order valence-corrected chi connectivity index (χ1v) is 6.34. The Hall–Kier alpha value is -1.94. The Labute approximate surface area is 110 Å². The Balaban J connectivity index is 2.38. The third-order valence-electron chi connectivity index (χ3n) is 3.12. The molecule has 1 N–H and O–H groups in total. The lowest BCUT2D eigenvalue weighted by molar-refractivity contribution is 0.928. The highest BCUT2D eigenvalue weighted by molar-refractivity contribution is 7.71. The van der Waals surface area contributed by atoms with Gasteiger partial charge in [-0.25, -0.2) is 0 Å². The van der Waals surface area contributed by atoms with Crippen LogP contribution < -0.4 is 0 Å². The van der Waals surface area contributed by atoms with Crippen molar-refractivity contribution in [1.29, 1.82) is 0 Å². The number of pyridine rings is 1. The zero-order valence-electron chi connectivity index (χ0n) is 10.1. The summed E-state index contributed by atoms with van der Waals surface area (Å²) in [6.45, 7) is 2.12. The highest BCUT2D eigenvalue weighted by Crippen LogP contribution is 2.23. The van der Waals surface area contributed by atoms with Gasteiger partial charge in [0.05, 0.1) is 5.69 Å². The Morgan fingerprint density at radius 1 is 1.33 bits per heavy atom. The van der Waals surface area contributed by atoms with E-state index in [1.807, 2.05) is 30.7 Å². The fraction of sp³-hybridized carbons (Fsp3) is 0.143. The molecular weight excluding hydrogens is 242 g/mol. The van der Waals surface area contributed by atoms with Gasteiger partial charge in [-0.15, -0.1) is 0 Å². The lowest BCUT2D eigenvalue weighted by Crippen LogP contribution is -2.00. The van der Waals surface area contributed by atoms with Crippen molar-refractivity contribution < 1.29 is 0 Å². The van der Waals surface area contributed by atoms with Gasteiger partial charge < -0.3 is 4.98 Å². The van der Waals surface area contributed by atoms with E-state index in [1.165, 1.54) is 11.1 Å². The van der Waals surface area contributed by atoms with Crippen LogP contribution in [0.3, 0.4) is 0 Å². The van der Waals surface area contributed by atoms with Gasteiger partial charge in [0.1, 0.15) is 0 Å². The maximum atomic E-state index is 5.37. The van der Waals surface area contributed by atoms with Gasteiger partial charge in [-0.2, -0.15) is 0 Å². The summed E-state index contributed by atoms with van der Waals surface area (Å²) in [7, 11) is 0. The Morgan fingerprint density at radius 2 is 2.22 bits per heavy atom. The van der Waals surface area contributed by atoms with E-state index in [9.17, 15) is 0 Å². The Bertz CT molecular complexity index is 750. The van der Waals surface area contributed by atoms with E-state index in [1.54, 1.807) is 0 Å². The molecule has 3 nitrogen and oxygen atoms in total. The summed E-state index contributed by atoms with van der Waals surface area (Å²) >= 11 is 5.37. The summed E-state index contributed by atoms with van der Waals surface area (Å²) < 4.78 is 2.81. The van der Waals surface area contributed by atoms with Gasteiger partial charge >= 0.3 is 0 Å². The number of benzene rings is 1. The normalized spacial score (nSPS) is 10.9. The first kappa shape index (κ1) is 11.2. The quantitative estimate of drug-likeness (QED) is 0.709. The molecular formula is C14H13N3S. The van der Waals surface area contributed by atoms with Crippen molar-refractivity contribution in [3.8, 4) is 5.69 Å². The predicted molar refractivity (Wildman–Crippen MR) is 75.6 cm³/mol. The molecule has 0 unspecified atom stereocenters. The van der Waals surface area contributed by atoms with Gasteiger partial charge in [0.2, 0.25) is 0 Å². The minimum Gasteiger partial charge on any atom is -0.337 e. The minimum atomic E-state index is 0.725. The first-order chi connectivity index (χ1) is 8.81. The number of hydrogen-bond acceptors (Lipinski definition) is 2. The number of aryl methyl sites for hydroxylation is 1. The molecule has 0 atom stereocenters. The van der Waals surface area contributed by atoms with Crippen LogP contribution in [0.25, 0.3) is 16.5 Å². The summed E-state index contributed by atoms with van der Waals surface area (Å²) in [4.78, 5) is 7.32. The van der Waals surface area contributed by atoms with Gasteiger partial charge in [-0.3, -0.25) is 9.55 Å². The van der Waals surface area contributed by atoms with Crippen LogP contribution in [0.2, 0.25) is 0 Å². The third kappa shape index (κ3) is 1.66. The minimum absolute atomic E-state index is 0.725. The zero-order chi connectivity index (χ0) is 12.5. The summed E-state index contributed by atoms with van der Waals surface area (Å²) in [5.41, 5.74) is 2.26. The van der Waals surface area contributed by atoms with Crippen molar-refractivity contribution in [2.24, 2.45) is 0 Å². The topological polar surface area (TPSA) is 33.6 Å². The van der Waals surface area contributed by atoms with Crippen molar-refractivity contribution in [1.82, 2.24) is 14.5 Å². The van der Waals surface area contributed by atoms with Crippen LogP contribution in [0.15, 0.2) is 42.9 Å². The molecule has 2 heterocycles. The molecule has 0 aliphatic carbocycles. The fourth-order valence-corrected chi connectivity index (χ4v) is 2.50. The van der Waals surface area contributed by atoms with Gasteiger partial charge in [0, 0.05) is 29.7 Å². The number of fused-ring (bicyclic) bond motifs is 1. The maximum absolute atomic E-state index is 5.37. The maximum Gasteiger partial charge on any atom is 0.182 e. The van der Waals surface area contributed by atoms with Crippen LogP contribution in [0.4, 0.5) is 0 Å². The number of rotatable bonds is 2. The highest BCUT2D eigenvalue weighted by Gasteiger charge is 2.08. The van der Waals surface area contributed by atoms with Crippen LogP contribution in [0, 0.1) is 4.77 Å². The molecule has 2 aromatic heterocycles. The number of nitrogens with zero attached hydrogens (tertiary/aromatic N) is 2. The molecule has 0 radical (unpaired) electrons. The number of nitrogens with one attached hydrogen (secondary N) is 1. The average Bonchev–Trinajstić information content (AvgIpc) is 2.79. The van der Waals surface area contributed by atoms with Crippen molar-refractivity contribution in [3.05, 3.63) is 53.3 Å². The van der Waals surface area contributed by atoms with Crippen molar-refractivity contribution in [2.45, 2.75) is 13.3 Å². The van der Waals surface area contributed by atoms with Gasteiger partial charge in [0.25, 0.3) is 0 Å². The second-order valence-electron chi connectivity index (χ2n) is 4.15. The van der Waals surface area contributed by atoms with E-state index in [0.29, 0.717) is 0 Å². The van der Waals surface area contributed by atoms with Crippen molar-refractivity contribution >= 4 is 23.0 Å². The van der Waals surface area contributed by atoms with Gasteiger partial charge in [-0.1, -0.05) is 19.1 Å². The third-order valence-corrected chi connectivity index (χ3v) is 3.42. The largest absolute Gasteiger partial charge is 0.337 e. The molecule has 0 fully saturated rings. The van der Waals surface area contributed by atoms with E-state index in [2.05, 4.69) is 33.6 Å². The highest BCUT2D eigenvalue weighted by atomic mass is 32.1. The number of imidazole rings is 1. The lowest BCUT2D eigenvalue weighted by Gasteiger charge is -2.10. The molecule has 0 saturated carbocycles. The molecule has 0 saturated heterocycles. The number of hydrogen-bond donors (Lipinski definition) is 1. The number of aromatic nitrogens is 3. The summed E-state index contributed by atoms with van der Waals surface area (Å²) in [5.74, 6) is 0.